The highest BCUT2D eigenvalue weighted by Crippen LogP contribution is 2.48. The number of hydrogen-bond donors (Lipinski definition) is 0. The van der Waals surface area contributed by atoms with E-state index in [-0.39, 0.29) is 12.0 Å². The number of nitriles is 1. The summed E-state index contributed by atoms with van der Waals surface area (Å²) in [6.45, 7) is 10.7. The van der Waals surface area contributed by atoms with E-state index in [0.717, 1.165) is 29.7 Å². The van der Waals surface area contributed by atoms with Crippen molar-refractivity contribution >= 4 is 35.0 Å². The summed E-state index contributed by atoms with van der Waals surface area (Å²) in [5.74, 6) is 0.211. The van der Waals surface area contributed by atoms with E-state index in [2.05, 4.69) is 18.2 Å². The Morgan fingerprint density at radius 1 is 1.15 bits per heavy atom. The van der Waals surface area contributed by atoms with Crippen LogP contribution < -0.4 is 4.90 Å². The van der Waals surface area contributed by atoms with Crippen molar-refractivity contribution in [3.8, 4) is 6.07 Å². The summed E-state index contributed by atoms with van der Waals surface area (Å²) in [6, 6.07) is 13.5. The van der Waals surface area contributed by atoms with Crippen molar-refractivity contribution in [1.82, 2.24) is 4.90 Å². The van der Waals surface area contributed by atoms with Gasteiger partial charge >= 0.3 is 6.09 Å². The van der Waals surface area contributed by atoms with E-state index in [1.165, 1.54) is 0 Å². The molecule has 1 saturated heterocycles. The molecule has 0 saturated carbocycles. The highest BCUT2D eigenvalue weighted by Gasteiger charge is 2.45. The molecule has 0 bridgehead atoms. The molecular formula is C27H30ClN3O3. The summed E-state index contributed by atoms with van der Waals surface area (Å²) >= 11 is 6.25. The number of carbonyl (C=O) groups excluding carboxylic acids is 2. The summed E-state index contributed by atoms with van der Waals surface area (Å²) in [4.78, 5) is 29.3. The van der Waals surface area contributed by atoms with Gasteiger partial charge in [0.15, 0.2) is 0 Å². The maximum Gasteiger partial charge on any atom is 0.410 e. The highest BCUT2D eigenvalue weighted by atomic mass is 35.5. The van der Waals surface area contributed by atoms with Gasteiger partial charge in [0.05, 0.1) is 27.4 Å². The van der Waals surface area contributed by atoms with Gasteiger partial charge in [0, 0.05) is 13.1 Å². The van der Waals surface area contributed by atoms with Crippen LogP contribution in [-0.2, 0) is 14.9 Å². The minimum atomic E-state index is -0.738. The standard InChI is InChI=1S/C27H30ClN3O3/c1-26(2,3)34-25(33)30-13-11-17(12-14-30)18-9-10-23-20(15-18)27(4,5)24(32)31(23)22-8-6-7-21(28)19(22)16-29/h6-10,15,17H,11-14H2,1-5H3. The van der Waals surface area contributed by atoms with Crippen LogP contribution in [0.5, 0.6) is 0 Å². The van der Waals surface area contributed by atoms with Gasteiger partial charge in [-0.1, -0.05) is 29.8 Å². The predicted octanol–water partition coefficient (Wildman–Crippen LogP) is 6.28. The molecule has 34 heavy (non-hydrogen) atoms. The number of rotatable bonds is 2. The van der Waals surface area contributed by atoms with E-state index in [0.29, 0.717) is 35.3 Å². The molecule has 1 fully saturated rings. The molecule has 6 nitrogen and oxygen atoms in total. The number of nitrogens with zero attached hydrogens (tertiary/aromatic N) is 3. The average molecular weight is 480 g/mol. The molecule has 0 aromatic heterocycles. The second kappa shape index (κ2) is 8.63. The number of anilines is 2. The lowest BCUT2D eigenvalue weighted by atomic mass is 9.82. The fourth-order valence-electron chi connectivity index (χ4n) is 4.78. The minimum absolute atomic E-state index is 0.0850. The SMILES string of the molecule is CC(C)(C)OC(=O)N1CCC(c2ccc3c(c2)C(C)(C)C(=O)N3c2cccc(Cl)c2C#N)CC1. The third-order valence-electron chi connectivity index (χ3n) is 6.63. The molecule has 2 aliphatic rings. The molecule has 2 aliphatic heterocycles. The molecule has 0 aliphatic carbocycles. The average Bonchev–Trinajstić information content (AvgIpc) is 2.97. The van der Waals surface area contributed by atoms with Crippen molar-refractivity contribution in [2.45, 2.75) is 64.4 Å². The molecule has 2 heterocycles. The fourth-order valence-corrected chi connectivity index (χ4v) is 4.99. The predicted molar refractivity (Wildman–Crippen MR) is 133 cm³/mol. The van der Waals surface area contributed by atoms with Crippen molar-refractivity contribution < 1.29 is 14.3 Å². The van der Waals surface area contributed by atoms with E-state index >= 15 is 0 Å². The van der Waals surface area contributed by atoms with Crippen molar-refractivity contribution in [3.63, 3.8) is 0 Å². The Hall–Kier alpha value is -3.04. The first-order valence-corrected chi connectivity index (χ1v) is 12.0. The van der Waals surface area contributed by atoms with Crippen LogP contribution >= 0.6 is 11.6 Å². The van der Waals surface area contributed by atoms with Gasteiger partial charge in [-0.2, -0.15) is 5.26 Å². The summed E-state index contributed by atoms with van der Waals surface area (Å²) < 4.78 is 5.51. The monoisotopic (exact) mass is 479 g/mol. The molecule has 178 valence electrons. The Morgan fingerprint density at radius 2 is 1.82 bits per heavy atom. The smallest absolute Gasteiger partial charge is 0.410 e. The molecule has 0 radical (unpaired) electrons. The lowest BCUT2D eigenvalue weighted by Crippen LogP contribution is -2.41. The van der Waals surface area contributed by atoms with Gasteiger partial charge in [-0.25, -0.2) is 4.79 Å². The van der Waals surface area contributed by atoms with Gasteiger partial charge in [0.25, 0.3) is 0 Å². The molecular weight excluding hydrogens is 450 g/mol. The summed E-state index contributed by atoms with van der Waals surface area (Å²) in [6.07, 6.45) is 1.41. The van der Waals surface area contributed by atoms with Gasteiger partial charge < -0.3 is 9.64 Å². The van der Waals surface area contributed by atoms with E-state index in [1.807, 2.05) is 40.7 Å². The largest absolute Gasteiger partial charge is 0.444 e. The van der Waals surface area contributed by atoms with Crippen molar-refractivity contribution in [2.24, 2.45) is 0 Å². The second-order valence-corrected chi connectivity index (χ2v) is 10.9. The van der Waals surface area contributed by atoms with Crippen LogP contribution in [0.1, 0.15) is 70.1 Å². The topological polar surface area (TPSA) is 73.6 Å². The molecule has 0 spiro atoms. The maximum atomic E-state index is 13.5. The van der Waals surface area contributed by atoms with Crippen LogP contribution in [0.15, 0.2) is 36.4 Å². The zero-order chi connectivity index (χ0) is 24.8. The zero-order valence-corrected chi connectivity index (χ0v) is 21.1. The van der Waals surface area contributed by atoms with Gasteiger partial charge in [0.2, 0.25) is 5.91 Å². The molecule has 4 rings (SSSR count). The van der Waals surface area contributed by atoms with Gasteiger partial charge in [-0.15, -0.1) is 0 Å². The number of fused-ring (bicyclic) bond motifs is 1. The number of piperidine rings is 1. The number of benzene rings is 2. The fraction of sp³-hybridized carbons (Fsp3) is 0.444. The Labute approximate surface area is 206 Å². The lowest BCUT2D eigenvalue weighted by Gasteiger charge is -2.34. The van der Waals surface area contributed by atoms with Gasteiger partial charge in [0.1, 0.15) is 11.7 Å². The lowest BCUT2D eigenvalue weighted by molar-refractivity contribution is -0.121. The number of likely N-dealkylation sites (tertiary alicyclic amines) is 1. The van der Waals surface area contributed by atoms with E-state index in [9.17, 15) is 14.9 Å². The quantitative estimate of drug-likeness (QED) is 0.507. The summed E-state index contributed by atoms with van der Waals surface area (Å²) in [7, 11) is 0. The Morgan fingerprint density at radius 3 is 2.44 bits per heavy atom. The molecule has 2 aromatic rings. The van der Waals surface area contributed by atoms with Gasteiger partial charge in [-0.3, -0.25) is 9.69 Å². The number of hydrogen-bond acceptors (Lipinski definition) is 4. The third-order valence-corrected chi connectivity index (χ3v) is 6.95. The van der Waals surface area contributed by atoms with Crippen molar-refractivity contribution in [3.05, 3.63) is 58.1 Å². The van der Waals surface area contributed by atoms with E-state index < -0.39 is 11.0 Å². The Balaban J connectivity index is 1.60. The molecule has 7 heteroatoms. The van der Waals surface area contributed by atoms with E-state index in [4.69, 9.17) is 16.3 Å². The van der Waals surface area contributed by atoms with Crippen LogP contribution in [0.3, 0.4) is 0 Å². The van der Waals surface area contributed by atoms with Crippen LogP contribution in [0.25, 0.3) is 0 Å². The molecule has 0 unspecified atom stereocenters. The molecule has 0 atom stereocenters. The number of carbonyl (C=O) groups is 2. The number of ether oxygens (including phenoxy) is 1. The zero-order valence-electron chi connectivity index (χ0n) is 20.3. The maximum absolute atomic E-state index is 13.5. The normalized spacial score (nSPS) is 18.0. The van der Waals surface area contributed by atoms with E-state index in [1.54, 1.807) is 28.0 Å². The summed E-state index contributed by atoms with van der Waals surface area (Å²) in [5, 5.41) is 9.98. The number of halogens is 1. The molecule has 2 amide bonds. The number of amides is 2. The van der Waals surface area contributed by atoms with Crippen molar-refractivity contribution in [2.75, 3.05) is 18.0 Å². The second-order valence-electron chi connectivity index (χ2n) is 10.5. The van der Waals surface area contributed by atoms with Gasteiger partial charge in [-0.05, 0) is 82.7 Å². The van der Waals surface area contributed by atoms with Crippen LogP contribution in [0.2, 0.25) is 5.02 Å². The van der Waals surface area contributed by atoms with Crippen molar-refractivity contribution in [1.29, 1.82) is 5.26 Å². The Kier molecular flexibility index (Phi) is 6.12. The third kappa shape index (κ3) is 4.25. The molecule has 0 N–H and O–H groups in total. The van der Waals surface area contributed by atoms with Crippen LogP contribution in [0, 0.1) is 11.3 Å². The molecule has 2 aromatic carbocycles. The van der Waals surface area contributed by atoms with Crippen LogP contribution in [-0.4, -0.2) is 35.6 Å². The van der Waals surface area contributed by atoms with Crippen LogP contribution in [0.4, 0.5) is 16.2 Å². The Bertz CT molecular complexity index is 1180. The first-order valence-electron chi connectivity index (χ1n) is 11.6. The highest BCUT2D eigenvalue weighted by molar-refractivity contribution is 6.32. The minimum Gasteiger partial charge on any atom is -0.444 e. The first kappa shape index (κ1) is 24.1. The first-order chi connectivity index (χ1) is 15.9. The summed E-state index contributed by atoms with van der Waals surface area (Å²) in [5.41, 5.74) is 2.43.